The molecule has 1 aliphatic rings. The van der Waals surface area contributed by atoms with Crippen molar-refractivity contribution in [3.05, 3.63) is 56.8 Å². The number of imide groups is 1. The van der Waals surface area contributed by atoms with Gasteiger partial charge in [0.1, 0.15) is 5.70 Å². The zero-order valence-corrected chi connectivity index (χ0v) is 12.6. The van der Waals surface area contributed by atoms with Gasteiger partial charge in [-0.15, -0.1) is 11.3 Å². The molecule has 0 atom stereocenters. The molecule has 3 amide bonds. The maximum absolute atomic E-state index is 12.3. The number of benzene rings is 1. The van der Waals surface area contributed by atoms with Crippen molar-refractivity contribution in [3.63, 3.8) is 0 Å². The first-order chi connectivity index (χ1) is 9.65. The Bertz CT molecular complexity index is 709. The van der Waals surface area contributed by atoms with Gasteiger partial charge in [-0.3, -0.25) is 4.79 Å². The van der Waals surface area contributed by atoms with E-state index in [0.717, 1.165) is 13.6 Å². The molecule has 2 aromatic rings. The summed E-state index contributed by atoms with van der Waals surface area (Å²) in [6, 6.07) is 12.2. The highest BCUT2D eigenvalue weighted by Crippen LogP contribution is 2.26. The average Bonchev–Trinajstić information content (AvgIpc) is 2.96. The highest BCUT2D eigenvalue weighted by molar-refractivity contribution is 9.11. The number of thiophene rings is 1. The number of hydrogen-bond acceptors (Lipinski definition) is 3. The Labute approximate surface area is 127 Å². The molecule has 0 aliphatic carbocycles. The van der Waals surface area contributed by atoms with E-state index in [1.165, 1.54) is 11.3 Å². The molecule has 0 radical (unpaired) electrons. The fourth-order valence-corrected chi connectivity index (χ4v) is 3.26. The summed E-state index contributed by atoms with van der Waals surface area (Å²) in [7, 11) is 0. The second-order valence-corrected chi connectivity index (χ2v) is 6.60. The summed E-state index contributed by atoms with van der Waals surface area (Å²) in [5.74, 6) is -0.342. The van der Waals surface area contributed by atoms with Gasteiger partial charge in [0.25, 0.3) is 5.91 Å². The van der Waals surface area contributed by atoms with Gasteiger partial charge < -0.3 is 5.32 Å². The summed E-state index contributed by atoms with van der Waals surface area (Å²) in [5, 5.41) is 2.60. The number of halogens is 1. The summed E-state index contributed by atoms with van der Waals surface area (Å²) in [6.45, 7) is 0. The van der Waals surface area contributed by atoms with E-state index in [2.05, 4.69) is 21.2 Å². The van der Waals surface area contributed by atoms with Crippen LogP contribution in [0.4, 0.5) is 10.5 Å². The summed E-state index contributed by atoms with van der Waals surface area (Å²) < 4.78 is 0.973. The summed E-state index contributed by atoms with van der Waals surface area (Å²) in [4.78, 5) is 26.3. The molecule has 1 aromatic carbocycles. The van der Waals surface area contributed by atoms with Crippen molar-refractivity contribution in [2.75, 3.05) is 4.90 Å². The molecule has 2 heterocycles. The van der Waals surface area contributed by atoms with E-state index in [9.17, 15) is 9.59 Å². The minimum Gasteiger partial charge on any atom is -0.302 e. The molecule has 1 aromatic heterocycles. The average molecular weight is 349 g/mol. The van der Waals surface area contributed by atoms with Crippen molar-refractivity contribution >= 4 is 51.0 Å². The molecule has 1 fully saturated rings. The molecule has 0 spiro atoms. The van der Waals surface area contributed by atoms with Crippen molar-refractivity contribution in [2.24, 2.45) is 0 Å². The molecule has 20 heavy (non-hydrogen) atoms. The Morgan fingerprint density at radius 3 is 2.50 bits per heavy atom. The first-order valence-electron chi connectivity index (χ1n) is 5.83. The number of nitrogens with one attached hydrogen (secondary N) is 1. The number of anilines is 1. The van der Waals surface area contributed by atoms with Gasteiger partial charge in [-0.1, -0.05) is 18.2 Å². The number of para-hydroxylation sites is 1. The zero-order valence-electron chi connectivity index (χ0n) is 10.2. The van der Waals surface area contributed by atoms with E-state index in [4.69, 9.17) is 0 Å². The third-order valence-electron chi connectivity index (χ3n) is 2.77. The summed E-state index contributed by atoms with van der Waals surface area (Å²) in [5.41, 5.74) is 0.846. The molecular weight excluding hydrogens is 340 g/mol. The second-order valence-electron chi connectivity index (χ2n) is 4.11. The lowest BCUT2D eigenvalue weighted by Gasteiger charge is -2.10. The van der Waals surface area contributed by atoms with Crippen LogP contribution in [-0.2, 0) is 4.79 Å². The molecule has 3 rings (SSSR count). The Morgan fingerprint density at radius 2 is 1.85 bits per heavy atom. The Hall–Kier alpha value is -1.92. The van der Waals surface area contributed by atoms with Gasteiger partial charge in [0.2, 0.25) is 0 Å². The van der Waals surface area contributed by atoms with Gasteiger partial charge in [-0.25, -0.2) is 9.69 Å². The standard InChI is InChI=1S/C14H9BrN2O2S/c15-12-7-6-10(20-12)8-11-13(18)17(14(19)16-11)9-4-2-1-3-5-9/h1-8H,(H,16,19). The predicted octanol–water partition coefficient (Wildman–Crippen LogP) is 3.61. The molecule has 1 N–H and O–H groups in total. The van der Waals surface area contributed by atoms with Gasteiger partial charge in [-0.2, -0.15) is 0 Å². The fourth-order valence-electron chi connectivity index (χ4n) is 1.89. The van der Waals surface area contributed by atoms with Crippen molar-refractivity contribution in [3.8, 4) is 0 Å². The van der Waals surface area contributed by atoms with Crippen LogP contribution < -0.4 is 10.2 Å². The van der Waals surface area contributed by atoms with Gasteiger partial charge in [-0.05, 0) is 46.3 Å². The van der Waals surface area contributed by atoms with E-state index < -0.39 is 6.03 Å². The molecular formula is C14H9BrN2O2S. The topological polar surface area (TPSA) is 49.4 Å². The maximum Gasteiger partial charge on any atom is 0.333 e. The molecule has 100 valence electrons. The van der Waals surface area contributed by atoms with Crippen LogP contribution in [0.5, 0.6) is 0 Å². The maximum atomic E-state index is 12.3. The molecule has 0 unspecified atom stereocenters. The van der Waals surface area contributed by atoms with Crippen LogP contribution in [0.2, 0.25) is 0 Å². The monoisotopic (exact) mass is 348 g/mol. The Kier molecular flexibility index (Phi) is 3.42. The molecule has 0 bridgehead atoms. The van der Waals surface area contributed by atoms with E-state index >= 15 is 0 Å². The molecule has 4 nitrogen and oxygen atoms in total. The van der Waals surface area contributed by atoms with E-state index in [-0.39, 0.29) is 11.6 Å². The Balaban J connectivity index is 1.93. The third-order valence-corrected chi connectivity index (χ3v) is 4.34. The summed E-state index contributed by atoms with van der Waals surface area (Å²) >= 11 is 4.86. The predicted molar refractivity (Wildman–Crippen MR) is 82.5 cm³/mol. The molecule has 1 aliphatic heterocycles. The van der Waals surface area contributed by atoms with Crippen LogP contribution in [0.3, 0.4) is 0 Å². The normalized spacial score (nSPS) is 16.9. The van der Waals surface area contributed by atoms with E-state index in [1.807, 2.05) is 18.2 Å². The number of nitrogens with zero attached hydrogens (tertiary/aromatic N) is 1. The first-order valence-corrected chi connectivity index (χ1v) is 7.43. The second kappa shape index (κ2) is 5.22. The third kappa shape index (κ3) is 2.39. The lowest BCUT2D eigenvalue weighted by molar-refractivity contribution is -0.113. The number of carbonyl (C=O) groups excluding carboxylic acids is 2. The molecule has 6 heteroatoms. The van der Waals surface area contributed by atoms with Crippen molar-refractivity contribution in [1.29, 1.82) is 0 Å². The van der Waals surface area contributed by atoms with Crippen molar-refractivity contribution in [2.45, 2.75) is 0 Å². The van der Waals surface area contributed by atoms with Gasteiger partial charge in [0, 0.05) is 4.88 Å². The number of urea groups is 1. The van der Waals surface area contributed by atoms with Crippen LogP contribution in [0.1, 0.15) is 4.88 Å². The molecule has 1 saturated heterocycles. The highest BCUT2D eigenvalue weighted by atomic mass is 79.9. The number of amides is 3. The highest BCUT2D eigenvalue weighted by Gasteiger charge is 2.34. The minimum absolute atomic E-state index is 0.285. The lowest BCUT2D eigenvalue weighted by Crippen LogP contribution is -2.30. The van der Waals surface area contributed by atoms with Gasteiger partial charge in [0.15, 0.2) is 0 Å². The number of carbonyl (C=O) groups is 2. The largest absolute Gasteiger partial charge is 0.333 e. The van der Waals surface area contributed by atoms with Crippen LogP contribution in [-0.4, -0.2) is 11.9 Å². The van der Waals surface area contributed by atoms with Gasteiger partial charge in [0.05, 0.1) is 9.47 Å². The van der Waals surface area contributed by atoms with Gasteiger partial charge >= 0.3 is 6.03 Å². The summed E-state index contributed by atoms with van der Waals surface area (Å²) in [6.07, 6.45) is 1.68. The quantitative estimate of drug-likeness (QED) is 0.665. The SMILES string of the molecule is O=C1NC(=Cc2ccc(Br)s2)C(=O)N1c1ccccc1. The Morgan fingerprint density at radius 1 is 1.10 bits per heavy atom. The fraction of sp³-hybridized carbons (Fsp3) is 0. The van der Waals surface area contributed by atoms with Crippen molar-refractivity contribution < 1.29 is 9.59 Å². The van der Waals surface area contributed by atoms with E-state index in [0.29, 0.717) is 5.69 Å². The number of hydrogen-bond donors (Lipinski definition) is 1. The first kappa shape index (κ1) is 13.1. The smallest absolute Gasteiger partial charge is 0.302 e. The lowest BCUT2D eigenvalue weighted by atomic mass is 10.3. The van der Waals surface area contributed by atoms with Crippen molar-refractivity contribution in [1.82, 2.24) is 5.32 Å². The minimum atomic E-state index is -0.428. The molecule has 0 saturated carbocycles. The number of rotatable bonds is 2. The van der Waals surface area contributed by atoms with Crippen LogP contribution in [0, 0.1) is 0 Å². The van der Waals surface area contributed by atoms with E-state index in [1.54, 1.807) is 30.3 Å². The van der Waals surface area contributed by atoms with Crippen LogP contribution >= 0.6 is 27.3 Å². The van der Waals surface area contributed by atoms with Crippen LogP contribution in [0.15, 0.2) is 51.9 Å². The zero-order chi connectivity index (χ0) is 14.1. The van der Waals surface area contributed by atoms with Crippen LogP contribution in [0.25, 0.3) is 6.08 Å².